The highest BCUT2D eigenvalue weighted by Gasteiger charge is 2.35. The van der Waals surface area contributed by atoms with E-state index in [1.807, 2.05) is 40.9 Å². The van der Waals surface area contributed by atoms with Crippen molar-refractivity contribution in [3.63, 3.8) is 0 Å². The number of anilines is 1. The minimum Gasteiger partial charge on any atom is -0.484 e. The van der Waals surface area contributed by atoms with E-state index in [1.165, 1.54) is 16.8 Å². The summed E-state index contributed by atoms with van der Waals surface area (Å²) < 4.78 is 10.4. The predicted molar refractivity (Wildman–Crippen MR) is 167 cm³/mol. The smallest absolute Gasteiger partial charge is 0.260 e. The van der Waals surface area contributed by atoms with Gasteiger partial charge in [-0.15, -0.1) is 0 Å². The van der Waals surface area contributed by atoms with Gasteiger partial charge in [0, 0.05) is 85.6 Å². The Morgan fingerprint density at radius 1 is 1.00 bits per heavy atom. The summed E-state index contributed by atoms with van der Waals surface area (Å²) >= 11 is 0. The second kappa shape index (κ2) is 9.90. The first-order valence-corrected chi connectivity index (χ1v) is 15.2. The standard InChI is InChI=1S/C34H34N6O3/c1-3-40-28-12-9-22(43-20-29(41)39-15-13-38(14-16-39)21-7-5-4-6-8-21)17-24(28)31-25-18-35-34(42)32(25)30-23(33(31)40)10-11-27-26(30)19-37(2)36-27/h4-9,12,17,19H,3,10-11,13-16,18,20H2,1-2H3,(H,35,42). The van der Waals surface area contributed by atoms with Gasteiger partial charge in [0.05, 0.1) is 16.8 Å². The van der Waals surface area contributed by atoms with Crippen molar-refractivity contribution in [2.75, 3.05) is 37.7 Å². The maximum atomic E-state index is 13.3. The molecule has 1 saturated heterocycles. The molecule has 9 nitrogen and oxygen atoms in total. The molecule has 9 heteroatoms. The summed E-state index contributed by atoms with van der Waals surface area (Å²) in [6.45, 7) is 6.44. The number of rotatable bonds is 5. The third-order valence-corrected chi connectivity index (χ3v) is 9.35. The zero-order valence-electron chi connectivity index (χ0n) is 24.5. The van der Waals surface area contributed by atoms with Gasteiger partial charge in [-0.1, -0.05) is 18.2 Å². The number of nitrogens with one attached hydrogen (secondary N) is 1. The number of hydrogen-bond acceptors (Lipinski definition) is 5. The first-order chi connectivity index (χ1) is 21.0. The lowest BCUT2D eigenvalue weighted by Gasteiger charge is -2.36. The average Bonchev–Trinajstić information content (AvgIpc) is 3.72. The maximum absolute atomic E-state index is 13.3. The summed E-state index contributed by atoms with van der Waals surface area (Å²) in [6, 6.07) is 16.4. The van der Waals surface area contributed by atoms with Gasteiger partial charge < -0.3 is 24.4 Å². The number of amides is 2. The summed E-state index contributed by atoms with van der Waals surface area (Å²) in [5, 5.41) is 9.97. The molecule has 2 aromatic heterocycles. The van der Waals surface area contributed by atoms with Gasteiger partial charge in [0.1, 0.15) is 5.75 Å². The van der Waals surface area contributed by atoms with Crippen molar-refractivity contribution >= 4 is 39.3 Å². The Labute approximate surface area is 249 Å². The minimum atomic E-state index is -0.0207. The fourth-order valence-electron chi connectivity index (χ4n) is 7.40. The third kappa shape index (κ3) is 4.01. The number of hydrogen-bond donors (Lipinski definition) is 1. The van der Waals surface area contributed by atoms with Gasteiger partial charge in [0.15, 0.2) is 6.61 Å². The molecule has 4 heterocycles. The molecule has 0 bridgehead atoms. The van der Waals surface area contributed by atoms with Gasteiger partial charge in [0.2, 0.25) is 0 Å². The SMILES string of the molecule is CCn1c2ccc(OCC(=O)N3CCN(c4ccccc4)CC3)cc2c2c3c(c4c(c21)CCc1nn(C)cc1-4)C(=O)NC3. The molecule has 3 aliphatic rings. The molecule has 1 fully saturated rings. The monoisotopic (exact) mass is 574 g/mol. The van der Waals surface area contributed by atoms with E-state index < -0.39 is 0 Å². The van der Waals surface area contributed by atoms with Crippen molar-refractivity contribution in [2.24, 2.45) is 7.05 Å². The Morgan fingerprint density at radius 2 is 1.81 bits per heavy atom. The summed E-state index contributed by atoms with van der Waals surface area (Å²) in [4.78, 5) is 30.6. The number of aryl methyl sites for hydroxylation is 4. The highest BCUT2D eigenvalue weighted by atomic mass is 16.5. The van der Waals surface area contributed by atoms with Crippen molar-refractivity contribution < 1.29 is 14.3 Å². The summed E-state index contributed by atoms with van der Waals surface area (Å²) in [6.07, 6.45) is 3.73. The Kier molecular flexibility index (Phi) is 5.96. The van der Waals surface area contributed by atoms with Crippen molar-refractivity contribution in [3.8, 4) is 16.9 Å². The number of para-hydroxylation sites is 1. The number of carbonyl (C=O) groups is 2. The highest BCUT2D eigenvalue weighted by molar-refractivity contribution is 6.19. The lowest BCUT2D eigenvalue weighted by Crippen LogP contribution is -2.50. The molecular weight excluding hydrogens is 540 g/mol. The lowest BCUT2D eigenvalue weighted by atomic mass is 9.82. The van der Waals surface area contributed by atoms with Crippen LogP contribution in [0.2, 0.25) is 0 Å². The number of nitrogens with zero attached hydrogens (tertiary/aromatic N) is 5. The van der Waals surface area contributed by atoms with E-state index in [9.17, 15) is 9.59 Å². The molecule has 2 amide bonds. The molecule has 0 unspecified atom stereocenters. The van der Waals surface area contributed by atoms with E-state index in [2.05, 4.69) is 52.2 Å². The van der Waals surface area contributed by atoms with Crippen LogP contribution in [0.3, 0.4) is 0 Å². The molecule has 1 N–H and O–H groups in total. The second-order valence-electron chi connectivity index (χ2n) is 11.7. The Morgan fingerprint density at radius 3 is 2.60 bits per heavy atom. The molecule has 2 aliphatic heterocycles. The number of piperazine rings is 1. The first-order valence-electron chi connectivity index (χ1n) is 15.2. The van der Waals surface area contributed by atoms with E-state index in [1.54, 1.807) is 0 Å². The van der Waals surface area contributed by atoms with Crippen LogP contribution in [-0.4, -0.2) is 63.8 Å². The van der Waals surface area contributed by atoms with E-state index in [4.69, 9.17) is 9.84 Å². The van der Waals surface area contributed by atoms with Crippen molar-refractivity contribution in [1.82, 2.24) is 24.6 Å². The fraction of sp³-hybridized carbons (Fsp3) is 0.324. The number of ether oxygens (including phenoxy) is 1. The van der Waals surface area contributed by atoms with Crippen LogP contribution >= 0.6 is 0 Å². The zero-order chi connectivity index (χ0) is 29.2. The number of carbonyl (C=O) groups excluding carboxylic acids is 2. The predicted octanol–water partition coefficient (Wildman–Crippen LogP) is 4.28. The van der Waals surface area contributed by atoms with Crippen molar-refractivity contribution in [3.05, 3.63) is 77.1 Å². The van der Waals surface area contributed by atoms with Gasteiger partial charge in [0.25, 0.3) is 11.8 Å². The first kappa shape index (κ1) is 25.9. The quantitative estimate of drug-likeness (QED) is 0.339. The highest BCUT2D eigenvalue weighted by Crippen LogP contribution is 2.47. The van der Waals surface area contributed by atoms with Crippen molar-refractivity contribution in [2.45, 2.75) is 32.9 Å². The Hall–Kier alpha value is -4.79. The van der Waals surface area contributed by atoms with Gasteiger partial charge in [-0.05, 0) is 61.2 Å². The lowest BCUT2D eigenvalue weighted by molar-refractivity contribution is -0.133. The van der Waals surface area contributed by atoms with Gasteiger partial charge in [-0.2, -0.15) is 5.10 Å². The van der Waals surface area contributed by atoms with Crippen LogP contribution in [0.4, 0.5) is 5.69 Å². The van der Waals surface area contributed by atoms with Gasteiger partial charge >= 0.3 is 0 Å². The second-order valence-corrected chi connectivity index (χ2v) is 11.7. The van der Waals surface area contributed by atoms with Crippen molar-refractivity contribution in [1.29, 1.82) is 0 Å². The van der Waals surface area contributed by atoms with E-state index in [-0.39, 0.29) is 18.4 Å². The fourth-order valence-corrected chi connectivity index (χ4v) is 7.40. The molecule has 8 rings (SSSR count). The van der Waals surface area contributed by atoms with Crippen LogP contribution in [-0.2, 0) is 37.8 Å². The normalized spacial score (nSPS) is 15.9. The van der Waals surface area contributed by atoms with E-state index >= 15 is 0 Å². The molecule has 218 valence electrons. The van der Waals surface area contributed by atoms with Crippen LogP contribution in [0.25, 0.3) is 32.9 Å². The molecule has 0 radical (unpaired) electrons. The molecule has 5 aromatic rings. The zero-order valence-corrected chi connectivity index (χ0v) is 24.5. The molecule has 0 spiro atoms. The molecule has 0 atom stereocenters. The van der Waals surface area contributed by atoms with Gasteiger partial charge in [-0.3, -0.25) is 14.3 Å². The Balaban J connectivity index is 1.12. The van der Waals surface area contributed by atoms with Crippen LogP contribution in [0, 0.1) is 0 Å². The van der Waals surface area contributed by atoms with Gasteiger partial charge in [-0.25, -0.2) is 0 Å². The summed E-state index contributed by atoms with van der Waals surface area (Å²) in [7, 11) is 1.94. The largest absolute Gasteiger partial charge is 0.484 e. The molecule has 43 heavy (non-hydrogen) atoms. The number of aromatic nitrogens is 3. The topological polar surface area (TPSA) is 84.6 Å². The van der Waals surface area contributed by atoms with E-state index in [0.717, 1.165) is 76.7 Å². The molecule has 3 aromatic carbocycles. The number of benzene rings is 3. The molecule has 1 aliphatic carbocycles. The average molecular weight is 575 g/mol. The Bertz CT molecular complexity index is 1930. The van der Waals surface area contributed by atoms with Crippen LogP contribution in [0.5, 0.6) is 5.75 Å². The maximum Gasteiger partial charge on any atom is 0.260 e. The van der Waals surface area contributed by atoms with Crippen LogP contribution in [0.1, 0.15) is 34.1 Å². The van der Waals surface area contributed by atoms with Crippen LogP contribution < -0.4 is 15.0 Å². The van der Waals surface area contributed by atoms with Crippen LogP contribution in [0.15, 0.2) is 54.7 Å². The number of fused-ring (bicyclic) bond motifs is 10. The molecule has 0 saturated carbocycles. The molecular formula is C34H34N6O3. The summed E-state index contributed by atoms with van der Waals surface area (Å²) in [5.41, 5.74) is 9.70. The summed E-state index contributed by atoms with van der Waals surface area (Å²) in [5.74, 6) is 0.644. The van der Waals surface area contributed by atoms with E-state index in [0.29, 0.717) is 25.4 Å². The third-order valence-electron chi connectivity index (χ3n) is 9.35. The minimum absolute atomic E-state index is 0.000589.